The van der Waals surface area contributed by atoms with Crippen LogP contribution in [-0.4, -0.2) is 35.2 Å². The molecule has 4 fully saturated rings. The smallest absolute Gasteiger partial charge is 0.303 e. The summed E-state index contributed by atoms with van der Waals surface area (Å²) in [5.74, 6) is 1.79. The van der Waals surface area contributed by atoms with Crippen molar-refractivity contribution in [2.24, 2.45) is 52.3 Å². The maximum atomic E-state index is 12.4. The summed E-state index contributed by atoms with van der Waals surface area (Å²) in [5.41, 5.74) is 0.320. The van der Waals surface area contributed by atoms with E-state index in [0.29, 0.717) is 35.5 Å². The number of carboxylic acids is 1. The zero-order valence-electron chi connectivity index (χ0n) is 23.3. The number of fused-ring (bicyclic) bond motifs is 5. The molecule has 4 saturated carbocycles. The van der Waals surface area contributed by atoms with Crippen LogP contribution >= 0.6 is 0 Å². The van der Waals surface area contributed by atoms with Gasteiger partial charge in [0, 0.05) is 26.2 Å². The molecule has 0 aliphatic heterocycles. The van der Waals surface area contributed by atoms with Crippen molar-refractivity contribution >= 4 is 17.9 Å². The third-order valence-corrected chi connectivity index (χ3v) is 11.5. The van der Waals surface area contributed by atoms with Crippen molar-refractivity contribution < 1.29 is 29.0 Å². The van der Waals surface area contributed by atoms with Crippen LogP contribution in [0.2, 0.25) is 0 Å². The molecule has 0 saturated heterocycles. The lowest BCUT2D eigenvalue weighted by molar-refractivity contribution is -0.219. The summed E-state index contributed by atoms with van der Waals surface area (Å²) in [6.45, 7) is 12.5. The fourth-order valence-electron chi connectivity index (χ4n) is 10.1. The maximum Gasteiger partial charge on any atom is 0.303 e. The molecule has 4 aliphatic carbocycles. The van der Waals surface area contributed by atoms with Gasteiger partial charge in [-0.15, -0.1) is 0 Å². The highest BCUT2D eigenvalue weighted by atomic mass is 16.5. The Morgan fingerprint density at radius 3 is 2.17 bits per heavy atom. The summed E-state index contributed by atoms with van der Waals surface area (Å²) < 4.78 is 12.0. The number of aliphatic carboxylic acids is 1. The summed E-state index contributed by atoms with van der Waals surface area (Å²) in [5, 5.41) is 9.26. The van der Waals surface area contributed by atoms with Crippen molar-refractivity contribution in [3.63, 3.8) is 0 Å². The molecule has 6 nitrogen and oxygen atoms in total. The van der Waals surface area contributed by atoms with E-state index in [9.17, 15) is 19.5 Å². The monoisotopic (exact) mass is 504 g/mol. The molecule has 0 bridgehead atoms. The Morgan fingerprint density at radius 2 is 1.56 bits per heavy atom. The first-order chi connectivity index (χ1) is 16.9. The van der Waals surface area contributed by atoms with Crippen molar-refractivity contribution in [3.8, 4) is 0 Å². The lowest BCUT2D eigenvalue weighted by Crippen LogP contribution is -2.63. The molecule has 4 aliphatic rings. The van der Waals surface area contributed by atoms with Crippen LogP contribution in [0, 0.1) is 52.3 Å². The SMILES string of the molecule is CC[C@H]1[C@@H](OC(C)=O)[C@@H]2[C@H](CC[C@]3(C)C([C@H](C)CCC(=O)O)CC[C@@H]23)[C@@]2(C)CC[C@@H](OC(C)=O)C[C@@H]12. The number of ether oxygens (including phenoxy) is 2. The van der Waals surface area contributed by atoms with Crippen molar-refractivity contribution in [2.45, 2.75) is 118 Å². The molecule has 36 heavy (non-hydrogen) atoms. The number of rotatable bonds is 7. The summed E-state index contributed by atoms with van der Waals surface area (Å²) in [7, 11) is 0. The molecule has 0 spiro atoms. The van der Waals surface area contributed by atoms with Gasteiger partial charge in [0.1, 0.15) is 12.2 Å². The van der Waals surface area contributed by atoms with E-state index in [0.717, 1.165) is 51.4 Å². The molecule has 0 aromatic rings. The average molecular weight is 505 g/mol. The van der Waals surface area contributed by atoms with E-state index < -0.39 is 5.97 Å². The number of esters is 2. The van der Waals surface area contributed by atoms with Gasteiger partial charge in [0.2, 0.25) is 0 Å². The third kappa shape index (κ3) is 4.71. The Balaban J connectivity index is 1.67. The molecule has 4 rings (SSSR count). The number of carbonyl (C=O) groups is 3. The molecule has 6 heteroatoms. The van der Waals surface area contributed by atoms with E-state index in [1.54, 1.807) is 6.92 Å². The van der Waals surface area contributed by atoms with Crippen LogP contribution in [-0.2, 0) is 23.9 Å². The zero-order chi connectivity index (χ0) is 26.4. The molecule has 204 valence electrons. The minimum Gasteiger partial charge on any atom is -0.481 e. The summed E-state index contributed by atoms with van der Waals surface area (Å²) >= 11 is 0. The highest BCUT2D eigenvalue weighted by molar-refractivity contribution is 5.67. The second-order valence-corrected chi connectivity index (χ2v) is 13.2. The van der Waals surface area contributed by atoms with Crippen LogP contribution in [0.4, 0.5) is 0 Å². The first kappa shape index (κ1) is 27.4. The number of hydrogen-bond donors (Lipinski definition) is 1. The standard InChI is InChI=1S/C30H48O6/c1-7-21-25-16-20(35-18(3)31)12-14-30(25,6)24-13-15-29(5)22(17(2)8-11-26(33)34)9-10-23(29)27(24)28(21)36-19(4)32/h17,20-25,27-28H,7-16H2,1-6H3,(H,33,34)/t17-,20-,21-,22?,23+,24+,25+,27+,28-,29-,30-/m1/s1. The van der Waals surface area contributed by atoms with Crippen LogP contribution in [0.15, 0.2) is 0 Å². The highest BCUT2D eigenvalue weighted by Crippen LogP contribution is 2.70. The molecular formula is C30H48O6. The summed E-state index contributed by atoms with van der Waals surface area (Å²) in [6.07, 6.45) is 9.23. The molecule has 1 unspecified atom stereocenters. The van der Waals surface area contributed by atoms with E-state index in [1.165, 1.54) is 13.3 Å². The Labute approximate surface area is 217 Å². The van der Waals surface area contributed by atoms with E-state index in [1.807, 2.05) is 0 Å². The van der Waals surface area contributed by atoms with Gasteiger partial charge in [0.25, 0.3) is 0 Å². The third-order valence-electron chi connectivity index (χ3n) is 11.5. The first-order valence-electron chi connectivity index (χ1n) is 14.5. The minimum atomic E-state index is -0.707. The topological polar surface area (TPSA) is 89.9 Å². The molecular weight excluding hydrogens is 456 g/mol. The summed E-state index contributed by atoms with van der Waals surface area (Å²) in [6, 6.07) is 0. The van der Waals surface area contributed by atoms with Gasteiger partial charge in [-0.1, -0.05) is 27.7 Å². The van der Waals surface area contributed by atoms with E-state index >= 15 is 0 Å². The molecule has 0 aromatic heterocycles. The largest absolute Gasteiger partial charge is 0.481 e. The Hall–Kier alpha value is -1.59. The number of carbonyl (C=O) groups excluding carboxylic acids is 2. The molecule has 0 amide bonds. The van der Waals surface area contributed by atoms with Gasteiger partial charge < -0.3 is 14.6 Å². The van der Waals surface area contributed by atoms with Gasteiger partial charge in [-0.2, -0.15) is 0 Å². The van der Waals surface area contributed by atoms with Gasteiger partial charge in [-0.3, -0.25) is 14.4 Å². The van der Waals surface area contributed by atoms with Crippen molar-refractivity contribution in [3.05, 3.63) is 0 Å². The quantitative estimate of drug-likeness (QED) is 0.412. The zero-order valence-corrected chi connectivity index (χ0v) is 23.3. The van der Waals surface area contributed by atoms with Gasteiger partial charge >= 0.3 is 17.9 Å². The number of hydrogen-bond acceptors (Lipinski definition) is 5. The predicted molar refractivity (Wildman–Crippen MR) is 137 cm³/mol. The molecule has 0 radical (unpaired) electrons. The maximum absolute atomic E-state index is 12.4. The lowest BCUT2D eigenvalue weighted by Gasteiger charge is -2.65. The van der Waals surface area contributed by atoms with Crippen molar-refractivity contribution in [1.82, 2.24) is 0 Å². The van der Waals surface area contributed by atoms with E-state index in [4.69, 9.17) is 9.47 Å². The Morgan fingerprint density at radius 1 is 0.917 bits per heavy atom. The average Bonchev–Trinajstić information content (AvgIpc) is 3.15. The fourth-order valence-corrected chi connectivity index (χ4v) is 10.1. The predicted octanol–water partition coefficient (Wildman–Crippen LogP) is 6.26. The molecule has 0 aromatic carbocycles. The van der Waals surface area contributed by atoms with Gasteiger partial charge in [0.05, 0.1) is 0 Å². The van der Waals surface area contributed by atoms with Crippen LogP contribution in [0.3, 0.4) is 0 Å². The van der Waals surface area contributed by atoms with Crippen LogP contribution < -0.4 is 0 Å². The molecule has 0 heterocycles. The van der Waals surface area contributed by atoms with Crippen LogP contribution in [0.5, 0.6) is 0 Å². The van der Waals surface area contributed by atoms with Crippen molar-refractivity contribution in [2.75, 3.05) is 0 Å². The first-order valence-corrected chi connectivity index (χ1v) is 14.5. The molecule has 11 atom stereocenters. The second kappa shape index (κ2) is 10.3. The number of carboxylic acid groups (broad SMARTS) is 1. The van der Waals surface area contributed by atoms with Gasteiger partial charge in [0.15, 0.2) is 0 Å². The minimum absolute atomic E-state index is 0.0380. The van der Waals surface area contributed by atoms with Gasteiger partial charge in [-0.25, -0.2) is 0 Å². The van der Waals surface area contributed by atoms with Crippen molar-refractivity contribution in [1.29, 1.82) is 0 Å². The molecule has 1 N–H and O–H groups in total. The Bertz CT molecular complexity index is 854. The summed E-state index contributed by atoms with van der Waals surface area (Å²) in [4.78, 5) is 35.4. The van der Waals surface area contributed by atoms with Gasteiger partial charge in [-0.05, 0) is 104 Å². The fraction of sp³-hybridized carbons (Fsp3) is 0.900. The van der Waals surface area contributed by atoms with Crippen LogP contribution in [0.1, 0.15) is 106 Å². The second-order valence-electron chi connectivity index (χ2n) is 13.2. The van der Waals surface area contributed by atoms with E-state index in [-0.39, 0.29) is 47.3 Å². The lowest BCUT2D eigenvalue weighted by atomic mass is 9.41. The Kier molecular flexibility index (Phi) is 7.84. The van der Waals surface area contributed by atoms with E-state index in [2.05, 4.69) is 27.7 Å². The highest BCUT2D eigenvalue weighted by Gasteiger charge is 2.66. The van der Waals surface area contributed by atoms with Crippen LogP contribution in [0.25, 0.3) is 0 Å². The normalized spacial score (nSPS) is 44.5.